The molecule has 1 aromatic heterocycles. The van der Waals surface area contributed by atoms with Crippen LogP contribution in [0.15, 0.2) is 4.99 Å². The van der Waals surface area contributed by atoms with Crippen LogP contribution < -0.4 is 11.3 Å². The maximum atomic E-state index is 12.4. The number of aliphatic carboxylic acids is 1. The number of rotatable bonds is 3. The van der Waals surface area contributed by atoms with Gasteiger partial charge in [-0.2, -0.15) is 0 Å². The molecule has 15 rings (SSSR count). The molecular weight excluding hydrogens is 1060 g/mol. The number of fused-ring (bicyclic) bond motifs is 1. The van der Waals surface area contributed by atoms with Gasteiger partial charge >= 0.3 is 45.0 Å². The first kappa shape index (κ1) is 64.5. The molecule has 20 heteroatoms. The summed E-state index contributed by atoms with van der Waals surface area (Å²) in [5.74, 6) is 8.56. The van der Waals surface area contributed by atoms with Gasteiger partial charge in [-0.25, -0.2) is 15.3 Å². The summed E-state index contributed by atoms with van der Waals surface area (Å²) in [6, 6.07) is 0. The Balaban J connectivity index is 0.000000146. The number of aromatic nitrogens is 3. The second kappa shape index (κ2) is 20.6. The first-order chi connectivity index (χ1) is 36.2. The number of aliphatic imine (C=N–C) groups is 1. The number of carbonyl (C=O) groups excluding carboxylic acids is 1. The SMILES string of the molecule is CC12CC3(C)CC(C)(C1)CC(C(=O)NN)(C2)C3.CC12CC3(C)CC(C)(C1)CC(C(=O)O)(C2)C3.CC12CC3(C)CC(C)(C1)CC(c1nnc4n1CCCCC4)(C2)C3.CN(C)C(F)=[N+](C)C.COC1=NCCCCC1.F[P-](F)(F)(F)(F)F. The summed E-state index contributed by atoms with van der Waals surface area (Å²) in [4.78, 5) is 29.6. The number of nitrogens with two attached hydrogens (primary N) is 1. The Morgan fingerprint density at radius 3 is 1.29 bits per heavy atom. The topological polar surface area (TPSA) is 151 Å². The van der Waals surface area contributed by atoms with Crippen LogP contribution in [0.3, 0.4) is 0 Å². The number of carbonyl (C=O) groups is 2. The molecule has 80 heavy (non-hydrogen) atoms. The molecule has 1 aromatic rings. The van der Waals surface area contributed by atoms with Crippen molar-refractivity contribution in [2.24, 2.45) is 70.4 Å². The van der Waals surface area contributed by atoms with E-state index in [2.05, 4.69) is 82.4 Å². The third kappa shape index (κ3) is 15.1. The number of methoxy groups -OCH3 is 1. The number of hydrogen-bond donors (Lipinski definition) is 3. The number of hydrazine groups is 1. The minimum absolute atomic E-state index is 0.0836. The Labute approximate surface area is 473 Å². The Kier molecular flexibility index (Phi) is 16.6. The first-order valence-corrected chi connectivity index (χ1v) is 31.9. The molecule has 0 unspecified atom stereocenters. The van der Waals surface area contributed by atoms with Crippen molar-refractivity contribution in [3.05, 3.63) is 11.6 Å². The van der Waals surface area contributed by atoms with E-state index in [1.165, 1.54) is 137 Å². The molecule has 1 amide bonds. The summed E-state index contributed by atoms with van der Waals surface area (Å²) in [5.41, 5.74) is 5.66. The van der Waals surface area contributed by atoms with Crippen LogP contribution in [-0.4, -0.2) is 95.1 Å². The van der Waals surface area contributed by atoms with Crippen LogP contribution in [0.4, 0.5) is 29.6 Å². The van der Waals surface area contributed by atoms with Gasteiger partial charge in [0.1, 0.15) is 11.6 Å². The zero-order chi connectivity index (χ0) is 59.9. The fraction of sp³-hybridized carbons (Fsp3) is 0.900. The van der Waals surface area contributed by atoms with E-state index in [-0.39, 0.29) is 33.7 Å². The van der Waals surface area contributed by atoms with E-state index in [4.69, 9.17) is 15.7 Å². The second-order valence-electron chi connectivity index (χ2n) is 32.3. The van der Waals surface area contributed by atoms with Gasteiger partial charge in [0.05, 0.1) is 46.1 Å². The summed E-state index contributed by atoms with van der Waals surface area (Å²) in [6.45, 7) is 23.9. The molecule has 4 N–H and O–H groups in total. The van der Waals surface area contributed by atoms with Crippen LogP contribution in [0.1, 0.15) is 234 Å². The molecule has 0 atom stereocenters. The zero-order valence-corrected chi connectivity index (χ0v) is 52.2. The van der Waals surface area contributed by atoms with Gasteiger partial charge in [0.15, 0.2) is 5.90 Å². The summed E-state index contributed by atoms with van der Waals surface area (Å²) < 4.78 is 80.6. The zero-order valence-electron chi connectivity index (χ0n) is 51.3. The van der Waals surface area contributed by atoms with E-state index in [1.54, 1.807) is 35.3 Å². The van der Waals surface area contributed by atoms with Crippen molar-refractivity contribution >= 4 is 31.7 Å². The molecular formula is C60H102F7N8O4P. The summed E-state index contributed by atoms with van der Waals surface area (Å²) in [7, 11) is -2.31. The monoisotopic (exact) mass is 1160 g/mol. The van der Waals surface area contributed by atoms with Crippen LogP contribution in [0.2, 0.25) is 0 Å². The molecule has 0 radical (unpaired) electrons. The normalized spacial score (nSPS) is 42.8. The van der Waals surface area contributed by atoms with Crippen LogP contribution in [0.25, 0.3) is 0 Å². The number of nitrogens with one attached hydrogen (secondary N) is 1. The predicted octanol–water partition coefficient (Wildman–Crippen LogP) is 15.6. The molecule has 3 heterocycles. The molecule has 12 aliphatic carbocycles. The minimum atomic E-state index is -10.7. The first-order valence-electron chi connectivity index (χ1n) is 29.9. The molecule has 0 saturated heterocycles. The Morgan fingerprint density at radius 2 is 0.950 bits per heavy atom. The Morgan fingerprint density at radius 1 is 0.588 bits per heavy atom. The van der Waals surface area contributed by atoms with Gasteiger partial charge in [-0.15, -0.1) is 14.6 Å². The van der Waals surface area contributed by atoms with Crippen molar-refractivity contribution in [1.29, 1.82) is 0 Å². The van der Waals surface area contributed by atoms with Gasteiger partial charge in [0.25, 0.3) is 0 Å². The third-order valence-corrected chi connectivity index (χ3v) is 20.5. The van der Waals surface area contributed by atoms with Crippen LogP contribution in [0, 0.1) is 59.6 Å². The van der Waals surface area contributed by atoms with Crippen molar-refractivity contribution in [3.63, 3.8) is 0 Å². The fourth-order valence-electron chi connectivity index (χ4n) is 23.0. The van der Waals surface area contributed by atoms with Crippen molar-refractivity contribution in [3.8, 4) is 0 Å². The summed E-state index contributed by atoms with van der Waals surface area (Å²) in [6.07, 6.45) is 31.4. The average molecular weight is 1160 g/mol. The number of carboxylic acid groups (broad SMARTS) is 1. The summed E-state index contributed by atoms with van der Waals surface area (Å²) in [5, 5.41) is 19.1. The standard InChI is InChI=1S/C20H31N3.C14H24N2O.C14H22O2.C7H13NO.C5H12FN2.F6P/c1-17-9-18(2)11-19(3,10-17)14-20(12-17,13-18)16-22-21-15-7-5-4-6-8-23(15)16;1-11-4-12(2)6-13(3,5-11)9-14(7-11,8-12)10(17)16-15;1-11-4-12(2)6-13(3,5-11)9-14(7-11,8-12)10(15)16;1-9-7-5-3-2-4-6-8-7;1-7(2)5(6)8(3)4;1-7(2,3,4,5)6/h4-14H2,1-3H3;4-9,15H2,1-3H3,(H,16,17);4-9H2,1-3H3,(H,15,16);2-6H2,1H3;1-4H3;/q;;;;+1;-1. The van der Waals surface area contributed by atoms with E-state index < -0.39 is 19.2 Å². The average Bonchev–Trinajstić information content (AvgIpc) is 3.35. The summed E-state index contributed by atoms with van der Waals surface area (Å²) >= 11 is 0. The molecule has 2 aliphatic heterocycles. The van der Waals surface area contributed by atoms with Gasteiger partial charge in [0.2, 0.25) is 5.91 Å². The number of amidine groups is 1. The van der Waals surface area contributed by atoms with Crippen molar-refractivity contribution < 1.29 is 53.6 Å². The van der Waals surface area contributed by atoms with Gasteiger partial charge in [0, 0.05) is 31.3 Å². The molecule has 460 valence electrons. The number of aryl methyl sites for hydroxylation is 1. The molecule has 14 aliphatic rings. The number of amides is 1. The molecule has 0 spiro atoms. The van der Waals surface area contributed by atoms with Crippen molar-refractivity contribution in [2.75, 3.05) is 41.8 Å². The van der Waals surface area contributed by atoms with E-state index in [0.717, 1.165) is 70.4 Å². The fourth-order valence-corrected chi connectivity index (χ4v) is 23.0. The van der Waals surface area contributed by atoms with E-state index in [1.807, 2.05) is 0 Å². The third-order valence-electron chi connectivity index (χ3n) is 20.5. The molecule has 0 aromatic carbocycles. The molecule has 12 saturated carbocycles. The molecule has 12 nitrogen and oxygen atoms in total. The number of hydrogen-bond acceptors (Lipinski definition) is 7. The van der Waals surface area contributed by atoms with Crippen LogP contribution in [-0.2, 0) is 32.7 Å². The van der Waals surface area contributed by atoms with Crippen LogP contribution in [0.5, 0.6) is 0 Å². The van der Waals surface area contributed by atoms with Crippen molar-refractivity contribution in [1.82, 2.24) is 25.1 Å². The van der Waals surface area contributed by atoms with Gasteiger partial charge in [-0.1, -0.05) is 75.2 Å². The molecule has 12 bridgehead atoms. The van der Waals surface area contributed by atoms with E-state index >= 15 is 0 Å². The van der Waals surface area contributed by atoms with E-state index in [9.17, 15) is 44.3 Å². The van der Waals surface area contributed by atoms with Gasteiger partial charge < -0.3 is 14.4 Å². The Bertz CT molecular complexity index is 2390. The number of ether oxygens (including phenoxy) is 1. The predicted molar refractivity (Wildman–Crippen MR) is 303 cm³/mol. The van der Waals surface area contributed by atoms with Gasteiger partial charge in [-0.3, -0.25) is 20.0 Å². The Hall–Kier alpha value is -3.08. The second-order valence-corrected chi connectivity index (χ2v) is 34.2. The maximum absolute atomic E-state index is 12.4. The van der Waals surface area contributed by atoms with Crippen molar-refractivity contribution in [2.45, 2.75) is 241 Å². The number of carboxylic acids is 1. The van der Waals surface area contributed by atoms with E-state index in [0.29, 0.717) is 37.9 Å². The number of halogens is 7. The number of nitrogens with zero attached hydrogens (tertiary/aromatic N) is 6. The quantitative estimate of drug-likeness (QED) is 0.0312. The van der Waals surface area contributed by atoms with Crippen LogP contribution >= 0.6 is 7.81 Å². The molecule has 12 fully saturated rings. The van der Waals surface area contributed by atoms with Gasteiger partial charge in [-0.05, 0) is 190 Å².